The van der Waals surface area contributed by atoms with E-state index in [0.29, 0.717) is 6.08 Å². The highest BCUT2D eigenvalue weighted by Gasteiger charge is 2.54. The van der Waals surface area contributed by atoms with Crippen molar-refractivity contribution in [2.75, 3.05) is 0 Å². The van der Waals surface area contributed by atoms with Gasteiger partial charge < -0.3 is 5.53 Å². The van der Waals surface area contributed by atoms with Crippen LogP contribution in [0.5, 0.6) is 0 Å². The van der Waals surface area contributed by atoms with Crippen LogP contribution in [0.25, 0.3) is 11.1 Å². The summed E-state index contributed by atoms with van der Waals surface area (Å²) in [6.07, 6.45) is 0.541. The molecule has 0 fully saturated rings. The molecule has 124 valence electrons. The summed E-state index contributed by atoms with van der Waals surface area (Å²) in [7, 11) is 0. The number of Topliss-reactive ketones (excluding diaryl/α,β-unsaturated/α-hetero) is 1. The van der Waals surface area contributed by atoms with Gasteiger partial charge in [-0.1, -0.05) is 0 Å². The molecule has 1 aromatic carbocycles. The third-order valence-electron chi connectivity index (χ3n) is 3.91. The lowest BCUT2D eigenvalue weighted by molar-refractivity contribution is -0.431. The van der Waals surface area contributed by atoms with Gasteiger partial charge in [0.15, 0.2) is 5.92 Å². The molecule has 0 saturated heterocycles. The van der Waals surface area contributed by atoms with E-state index in [9.17, 15) is 40.7 Å². The van der Waals surface area contributed by atoms with Crippen molar-refractivity contribution in [3.63, 3.8) is 0 Å². The van der Waals surface area contributed by atoms with Crippen LogP contribution >= 0.6 is 0 Å². The minimum Gasteiger partial charge on any atom is -0.361 e. The van der Waals surface area contributed by atoms with Gasteiger partial charge in [-0.05, 0) is 6.07 Å². The number of benzene rings is 1. The van der Waals surface area contributed by atoms with E-state index in [2.05, 4.69) is 4.79 Å². The zero-order chi connectivity index (χ0) is 18.5. The first-order chi connectivity index (χ1) is 11.8. The highest BCUT2D eigenvalue weighted by atomic mass is 16.6. The molecular weight excluding hydrogens is 338 g/mol. The molecule has 0 spiro atoms. The van der Waals surface area contributed by atoms with Crippen molar-refractivity contribution in [3.05, 3.63) is 82.7 Å². The SMILES string of the molecule is [N-]=[N+]=C1c2cc([N+](=O)[O-])ccc2C2=C([N+](=O)[O-])C=C([N+](=O)[O-])C(=O)C12. The van der Waals surface area contributed by atoms with Gasteiger partial charge in [0.05, 0.1) is 32.0 Å². The van der Waals surface area contributed by atoms with Crippen LogP contribution < -0.4 is 0 Å². The molecule has 12 nitrogen and oxygen atoms in total. The standard InChI is InChI=1S/C13H5N5O7/c14-15-12-7-3-5(16(20)21)1-2-6(7)10-8(17(22)23)4-9(18(24)25)13(19)11(10)12/h1-4,11H. The molecule has 1 atom stereocenters. The minimum absolute atomic E-state index is 0.0672. The predicted molar refractivity (Wildman–Crippen MR) is 78.3 cm³/mol. The number of nitro groups is 3. The molecule has 25 heavy (non-hydrogen) atoms. The van der Waals surface area contributed by atoms with E-state index >= 15 is 0 Å². The molecule has 0 aliphatic heterocycles. The minimum atomic E-state index is -1.58. The first kappa shape index (κ1) is 15.8. The highest BCUT2D eigenvalue weighted by molar-refractivity contribution is 6.29. The predicted octanol–water partition coefficient (Wildman–Crippen LogP) is 0.975. The van der Waals surface area contributed by atoms with Crippen molar-refractivity contribution in [2.24, 2.45) is 5.92 Å². The topological polar surface area (TPSA) is 183 Å². The van der Waals surface area contributed by atoms with Crippen molar-refractivity contribution in [2.45, 2.75) is 0 Å². The summed E-state index contributed by atoms with van der Waals surface area (Å²) in [5, 5.41) is 33.2. The number of hydrogen-bond donors (Lipinski definition) is 0. The van der Waals surface area contributed by atoms with Crippen LogP contribution in [-0.2, 0) is 4.79 Å². The zero-order valence-electron chi connectivity index (χ0n) is 12.0. The third kappa shape index (κ3) is 2.13. The number of nitrogens with zero attached hydrogens (tertiary/aromatic N) is 5. The highest BCUT2D eigenvalue weighted by Crippen LogP contribution is 2.44. The van der Waals surface area contributed by atoms with E-state index in [0.717, 1.165) is 12.1 Å². The summed E-state index contributed by atoms with van der Waals surface area (Å²) in [5.74, 6) is -2.68. The Kier molecular flexibility index (Phi) is 3.32. The van der Waals surface area contributed by atoms with Gasteiger partial charge in [-0.15, -0.1) is 0 Å². The van der Waals surface area contributed by atoms with Gasteiger partial charge in [0.25, 0.3) is 17.2 Å². The lowest BCUT2D eigenvalue weighted by Gasteiger charge is -2.11. The van der Waals surface area contributed by atoms with Crippen LogP contribution in [0.3, 0.4) is 0 Å². The van der Waals surface area contributed by atoms with Crippen LogP contribution in [0.4, 0.5) is 5.69 Å². The molecule has 3 rings (SSSR count). The van der Waals surface area contributed by atoms with Crippen molar-refractivity contribution >= 4 is 22.8 Å². The summed E-state index contributed by atoms with van der Waals surface area (Å²) >= 11 is 0. The molecule has 0 radical (unpaired) electrons. The molecule has 0 amide bonds. The number of non-ortho nitro benzene ring substituents is 1. The van der Waals surface area contributed by atoms with E-state index < -0.39 is 49.3 Å². The van der Waals surface area contributed by atoms with Crippen molar-refractivity contribution in [1.29, 1.82) is 0 Å². The van der Waals surface area contributed by atoms with Crippen LogP contribution in [0.15, 0.2) is 35.7 Å². The van der Waals surface area contributed by atoms with E-state index in [1.807, 2.05) is 0 Å². The second-order valence-corrected chi connectivity index (χ2v) is 5.11. The Labute approximate surface area is 136 Å². The molecule has 0 heterocycles. The van der Waals surface area contributed by atoms with E-state index in [1.54, 1.807) is 0 Å². The average molecular weight is 343 g/mol. The maximum absolute atomic E-state index is 12.4. The van der Waals surface area contributed by atoms with Gasteiger partial charge in [-0.2, -0.15) is 4.79 Å². The molecule has 12 heteroatoms. The number of carbonyl (C=O) groups excluding carboxylic acids is 1. The van der Waals surface area contributed by atoms with E-state index in [1.165, 1.54) is 6.07 Å². The zero-order valence-corrected chi connectivity index (χ0v) is 12.0. The number of carbonyl (C=O) groups is 1. The van der Waals surface area contributed by atoms with Gasteiger partial charge in [-0.25, -0.2) is 0 Å². The van der Waals surface area contributed by atoms with Crippen molar-refractivity contribution in [1.82, 2.24) is 0 Å². The molecule has 1 aromatic rings. The maximum Gasteiger partial charge on any atom is 0.320 e. The Hall–Kier alpha value is -4.05. The molecule has 0 aromatic heterocycles. The number of rotatable bonds is 3. The lowest BCUT2D eigenvalue weighted by Crippen LogP contribution is -2.30. The largest absolute Gasteiger partial charge is 0.361 e. The van der Waals surface area contributed by atoms with Crippen LogP contribution in [0.1, 0.15) is 11.1 Å². The van der Waals surface area contributed by atoms with Gasteiger partial charge in [0, 0.05) is 17.7 Å². The molecule has 0 N–H and O–H groups in total. The Morgan fingerprint density at radius 2 is 1.68 bits per heavy atom. The van der Waals surface area contributed by atoms with Gasteiger partial charge in [0.2, 0.25) is 0 Å². The van der Waals surface area contributed by atoms with E-state index in [-0.39, 0.29) is 16.7 Å². The third-order valence-corrected chi connectivity index (χ3v) is 3.91. The van der Waals surface area contributed by atoms with Crippen LogP contribution in [0.2, 0.25) is 0 Å². The summed E-state index contributed by atoms with van der Waals surface area (Å²) < 4.78 is 0. The molecule has 2 aliphatic rings. The Morgan fingerprint density at radius 1 is 1.00 bits per heavy atom. The summed E-state index contributed by atoms with van der Waals surface area (Å²) in [6, 6.07) is 3.24. The first-order valence-electron chi connectivity index (χ1n) is 6.58. The summed E-state index contributed by atoms with van der Waals surface area (Å²) in [5.41, 5.74) is 6.51. The monoisotopic (exact) mass is 343 g/mol. The van der Waals surface area contributed by atoms with Gasteiger partial charge >= 0.3 is 11.4 Å². The second kappa shape index (κ2) is 5.25. The Bertz CT molecular complexity index is 1020. The lowest BCUT2D eigenvalue weighted by atomic mass is 9.86. The fraction of sp³-hybridized carbons (Fsp3) is 0.0769. The van der Waals surface area contributed by atoms with Crippen molar-refractivity contribution in [3.8, 4) is 0 Å². The average Bonchev–Trinajstić information content (AvgIpc) is 2.88. The summed E-state index contributed by atoms with van der Waals surface area (Å²) in [6.45, 7) is 0. The van der Waals surface area contributed by atoms with Crippen molar-refractivity contribution < 1.29 is 24.4 Å². The summed E-state index contributed by atoms with van der Waals surface area (Å²) in [4.78, 5) is 45.8. The van der Waals surface area contributed by atoms with Crippen LogP contribution in [-0.4, -0.2) is 31.1 Å². The second-order valence-electron chi connectivity index (χ2n) is 5.11. The number of allylic oxidation sites excluding steroid dienone is 3. The fourth-order valence-corrected chi connectivity index (χ4v) is 2.91. The van der Waals surface area contributed by atoms with Crippen LogP contribution in [0, 0.1) is 36.3 Å². The van der Waals surface area contributed by atoms with Gasteiger partial charge in [0.1, 0.15) is 0 Å². The molecular formula is C13H5N5O7. The number of fused-ring (bicyclic) bond motifs is 3. The number of hydrogen-bond acceptors (Lipinski definition) is 7. The fourth-order valence-electron chi connectivity index (χ4n) is 2.91. The normalized spacial score (nSPS) is 18.2. The first-order valence-corrected chi connectivity index (χ1v) is 6.58. The smallest absolute Gasteiger partial charge is 0.320 e. The van der Waals surface area contributed by atoms with E-state index in [4.69, 9.17) is 0 Å². The maximum atomic E-state index is 12.4. The number of nitro benzene ring substituents is 1. The molecule has 0 bridgehead atoms. The molecule has 0 saturated carbocycles. The molecule has 2 aliphatic carbocycles. The molecule has 1 unspecified atom stereocenters. The Balaban J connectivity index is 2.39. The number of ketones is 1. The quantitative estimate of drug-likeness (QED) is 0.339. The van der Waals surface area contributed by atoms with Gasteiger partial charge in [-0.3, -0.25) is 35.1 Å². The Morgan fingerprint density at radius 3 is 2.20 bits per heavy atom.